The third-order valence-corrected chi connectivity index (χ3v) is 2.42. The van der Waals surface area contributed by atoms with E-state index in [2.05, 4.69) is 5.16 Å². The Morgan fingerprint density at radius 2 is 2.19 bits per heavy atom. The molecule has 0 atom stereocenters. The van der Waals surface area contributed by atoms with Crippen molar-refractivity contribution in [1.82, 2.24) is 5.16 Å². The number of hydrogen-bond donors (Lipinski definition) is 1. The Labute approximate surface area is 93.5 Å². The molecule has 2 rings (SSSR count). The number of aliphatic hydroxyl groups is 1. The van der Waals surface area contributed by atoms with Gasteiger partial charge < -0.3 is 14.4 Å². The van der Waals surface area contributed by atoms with Gasteiger partial charge in [0.1, 0.15) is 18.1 Å². The topological polar surface area (TPSA) is 55.5 Å². The van der Waals surface area contributed by atoms with Gasteiger partial charge in [0.2, 0.25) is 0 Å². The lowest BCUT2D eigenvalue weighted by atomic mass is 10.1. The van der Waals surface area contributed by atoms with Crippen molar-refractivity contribution in [3.05, 3.63) is 35.6 Å². The number of ether oxygens (including phenoxy) is 1. The van der Waals surface area contributed by atoms with E-state index in [0.29, 0.717) is 5.76 Å². The quantitative estimate of drug-likeness (QED) is 0.859. The molecule has 0 aliphatic heterocycles. The Kier molecular flexibility index (Phi) is 2.92. The molecule has 0 radical (unpaired) electrons. The molecule has 4 nitrogen and oxygen atoms in total. The van der Waals surface area contributed by atoms with Gasteiger partial charge in [-0.05, 0) is 30.7 Å². The van der Waals surface area contributed by atoms with Crippen LogP contribution >= 0.6 is 0 Å². The first kappa shape index (κ1) is 10.7. The van der Waals surface area contributed by atoms with Crippen LogP contribution in [0.1, 0.15) is 11.3 Å². The molecule has 84 valence electrons. The smallest absolute Gasteiger partial charge is 0.162 e. The van der Waals surface area contributed by atoms with Gasteiger partial charge in [0, 0.05) is 11.6 Å². The number of methoxy groups -OCH3 is 1. The second-order valence-corrected chi connectivity index (χ2v) is 3.52. The van der Waals surface area contributed by atoms with Gasteiger partial charge >= 0.3 is 0 Å². The van der Waals surface area contributed by atoms with E-state index < -0.39 is 0 Å². The minimum absolute atomic E-state index is 0.137. The van der Waals surface area contributed by atoms with Crippen LogP contribution in [-0.2, 0) is 6.61 Å². The number of hydrogen-bond acceptors (Lipinski definition) is 4. The average molecular weight is 219 g/mol. The second-order valence-electron chi connectivity index (χ2n) is 3.52. The minimum atomic E-state index is -0.137. The Bertz CT molecular complexity index is 491. The van der Waals surface area contributed by atoms with Crippen molar-refractivity contribution in [3.63, 3.8) is 0 Å². The van der Waals surface area contributed by atoms with E-state index in [1.165, 1.54) is 0 Å². The molecule has 2 aromatic rings. The predicted octanol–water partition coefficient (Wildman–Crippen LogP) is 2.15. The van der Waals surface area contributed by atoms with Crippen molar-refractivity contribution in [3.8, 4) is 17.0 Å². The lowest BCUT2D eigenvalue weighted by Gasteiger charge is -2.04. The summed E-state index contributed by atoms with van der Waals surface area (Å²) < 4.78 is 10.1. The van der Waals surface area contributed by atoms with Crippen molar-refractivity contribution in [2.24, 2.45) is 0 Å². The van der Waals surface area contributed by atoms with Gasteiger partial charge in [-0.1, -0.05) is 5.16 Å². The molecule has 0 unspecified atom stereocenters. The standard InChI is InChI=1S/C12H13NO3/c1-8-5-9(15-2)3-4-11(8)12-6-10(7-14)16-13-12/h3-6,14H,7H2,1-2H3. The highest BCUT2D eigenvalue weighted by Crippen LogP contribution is 2.26. The molecule has 0 spiro atoms. The number of aryl methyl sites for hydroxylation is 1. The Morgan fingerprint density at radius 1 is 1.38 bits per heavy atom. The van der Waals surface area contributed by atoms with E-state index in [0.717, 1.165) is 22.6 Å². The summed E-state index contributed by atoms with van der Waals surface area (Å²) in [5, 5.41) is 12.8. The summed E-state index contributed by atoms with van der Waals surface area (Å²) in [4.78, 5) is 0. The fourth-order valence-electron chi connectivity index (χ4n) is 1.56. The van der Waals surface area contributed by atoms with Gasteiger partial charge in [0.05, 0.1) is 7.11 Å². The molecule has 0 bridgehead atoms. The first-order valence-electron chi connectivity index (χ1n) is 4.96. The average Bonchev–Trinajstić information content (AvgIpc) is 2.77. The monoisotopic (exact) mass is 219 g/mol. The summed E-state index contributed by atoms with van der Waals surface area (Å²) in [5.74, 6) is 1.28. The lowest BCUT2D eigenvalue weighted by molar-refractivity contribution is 0.229. The SMILES string of the molecule is COc1ccc(-c2cc(CO)on2)c(C)c1. The molecule has 1 aromatic heterocycles. The van der Waals surface area contributed by atoms with E-state index >= 15 is 0 Å². The Balaban J connectivity index is 2.40. The largest absolute Gasteiger partial charge is 0.497 e. The van der Waals surface area contributed by atoms with E-state index in [1.807, 2.05) is 25.1 Å². The number of aromatic nitrogens is 1. The van der Waals surface area contributed by atoms with E-state index in [-0.39, 0.29) is 6.61 Å². The van der Waals surface area contributed by atoms with Crippen LogP contribution in [0.2, 0.25) is 0 Å². The second kappa shape index (κ2) is 4.37. The molecule has 1 heterocycles. The van der Waals surface area contributed by atoms with Crippen LogP contribution in [0.5, 0.6) is 5.75 Å². The van der Waals surface area contributed by atoms with Crippen LogP contribution < -0.4 is 4.74 Å². The highest BCUT2D eigenvalue weighted by molar-refractivity contribution is 5.64. The molecule has 1 N–H and O–H groups in total. The summed E-state index contributed by atoms with van der Waals surface area (Å²) in [7, 11) is 1.63. The molecule has 1 aromatic carbocycles. The molecule has 0 saturated heterocycles. The van der Waals surface area contributed by atoms with Crippen LogP contribution in [-0.4, -0.2) is 17.4 Å². The molecule has 0 saturated carbocycles. The first-order valence-corrected chi connectivity index (χ1v) is 4.96. The predicted molar refractivity (Wildman–Crippen MR) is 59.2 cm³/mol. The number of benzene rings is 1. The minimum Gasteiger partial charge on any atom is -0.497 e. The van der Waals surface area contributed by atoms with Crippen molar-refractivity contribution in [2.75, 3.05) is 7.11 Å². The maximum Gasteiger partial charge on any atom is 0.162 e. The zero-order valence-corrected chi connectivity index (χ0v) is 9.23. The fraction of sp³-hybridized carbons (Fsp3) is 0.250. The van der Waals surface area contributed by atoms with Crippen LogP contribution in [0.3, 0.4) is 0 Å². The van der Waals surface area contributed by atoms with E-state index in [4.69, 9.17) is 14.4 Å². The molecule has 0 fully saturated rings. The van der Waals surface area contributed by atoms with Crippen molar-refractivity contribution >= 4 is 0 Å². The molecular formula is C12H13NO3. The number of nitrogens with zero attached hydrogens (tertiary/aromatic N) is 1. The van der Waals surface area contributed by atoms with Crippen LogP contribution in [0.25, 0.3) is 11.3 Å². The number of rotatable bonds is 3. The maximum atomic E-state index is 8.90. The van der Waals surface area contributed by atoms with E-state index in [1.54, 1.807) is 13.2 Å². The van der Waals surface area contributed by atoms with Gasteiger partial charge in [-0.25, -0.2) is 0 Å². The normalized spacial score (nSPS) is 10.4. The van der Waals surface area contributed by atoms with Crippen molar-refractivity contribution < 1.29 is 14.4 Å². The summed E-state index contributed by atoms with van der Waals surface area (Å²) in [6.07, 6.45) is 0. The summed E-state index contributed by atoms with van der Waals surface area (Å²) in [6, 6.07) is 7.46. The van der Waals surface area contributed by atoms with Gasteiger partial charge in [-0.2, -0.15) is 0 Å². The summed E-state index contributed by atoms with van der Waals surface area (Å²) in [6.45, 7) is 1.84. The highest BCUT2D eigenvalue weighted by Gasteiger charge is 2.08. The van der Waals surface area contributed by atoms with Crippen LogP contribution in [0, 0.1) is 6.92 Å². The maximum absolute atomic E-state index is 8.90. The molecule has 0 aliphatic rings. The fourth-order valence-corrected chi connectivity index (χ4v) is 1.56. The van der Waals surface area contributed by atoms with Crippen molar-refractivity contribution in [1.29, 1.82) is 0 Å². The zero-order valence-electron chi connectivity index (χ0n) is 9.23. The molecule has 0 amide bonds. The van der Waals surface area contributed by atoms with Gasteiger partial charge in [0.15, 0.2) is 5.76 Å². The van der Waals surface area contributed by atoms with Gasteiger partial charge in [0.25, 0.3) is 0 Å². The van der Waals surface area contributed by atoms with Crippen LogP contribution in [0.15, 0.2) is 28.8 Å². The van der Waals surface area contributed by atoms with Crippen molar-refractivity contribution in [2.45, 2.75) is 13.5 Å². The first-order chi connectivity index (χ1) is 7.74. The Hall–Kier alpha value is -1.81. The summed E-state index contributed by atoms with van der Waals surface area (Å²) >= 11 is 0. The molecule has 4 heteroatoms. The van der Waals surface area contributed by atoms with Crippen LogP contribution in [0.4, 0.5) is 0 Å². The zero-order chi connectivity index (χ0) is 11.5. The molecule has 0 aliphatic carbocycles. The Morgan fingerprint density at radius 3 is 2.75 bits per heavy atom. The lowest BCUT2D eigenvalue weighted by Crippen LogP contribution is -1.87. The third kappa shape index (κ3) is 1.92. The molecular weight excluding hydrogens is 206 g/mol. The summed E-state index contributed by atoms with van der Waals surface area (Å²) in [5.41, 5.74) is 2.76. The third-order valence-electron chi connectivity index (χ3n) is 2.42. The highest BCUT2D eigenvalue weighted by atomic mass is 16.5. The van der Waals surface area contributed by atoms with Gasteiger partial charge in [-0.3, -0.25) is 0 Å². The van der Waals surface area contributed by atoms with E-state index in [9.17, 15) is 0 Å². The van der Waals surface area contributed by atoms with Gasteiger partial charge in [-0.15, -0.1) is 0 Å². The number of aliphatic hydroxyl groups excluding tert-OH is 1. The molecule has 16 heavy (non-hydrogen) atoms.